The van der Waals surface area contributed by atoms with Gasteiger partial charge in [0, 0.05) is 28.2 Å². The first-order valence-electron chi connectivity index (χ1n) is 5.35. The lowest BCUT2D eigenvalue weighted by Crippen LogP contribution is -2.24. The standard InChI is InChI=1S/C13H17Cl2N/c1-9(2)16-8-10(3)7-11-12(14)5-4-6-13(11)15/h4-7,9,16H,8H2,1-3H3. The summed E-state index contributed by atoms with van der Waals surface area (Å²) in [6.45, 7) is 7.15. The smallest absolute Gasteiger partial charge is 0.0493 e. The van der Waals surface area contributed by atoms with E-state index >= 15 is 0 Å². The van der Waals surface area contributed by atoms with Gasteiger partial charge in [0.2, 0.25) is 0 Å². The summed E-state index contributed by atoms with van der Waals surface area (Å²) in [5, 5.41) is 4.73. The van der Waals surface area contributed by atoms with Gasteiger partial charge in [-0.3, -0.25) is 0 Å². The third-order valence-corrected chi connectivity index (χ3v) is 2.84. The topological polar surface area (TPSA) is 12.0 Å². The second kappa shape index (κ2) is 6.29. The number of rotatable bonds is 4. The SMILES string of the molecule is CC(=Cc1c(Cl)cccc1Cl)CNC(C)C. The highest BCUT2D eigenvalue weighted by Crippen LogP contribution is 2.26. The number of hydrogen-bond donors (Lipinski definition) is 1. The van der Waals surface area contributed by atoms with Gasteiger partial charge in [0.25, 0.3) is 0 Å². The highest BCUT2D eigenvalue weighted by molar-refractivity contribution is 6.37. The summed E-state index contributed by atoms with van der Waals surface area (Å²) in [5.74, 6) is 0. The van der Waals surface area contributed by atoms with E-state index in [-0.39, 0.29) is 0 Å². The molecule has 0 radical (unpaired) electrons. The zero-order valence-electron chi connectivity index (χ0n) is 9.85. The highest BCUT2D eigenvalue weighted by Gasteiger charge is 2.02. The molecule has 0 spiro atoms. The molecule has 1 rings (SSSR count). The van der Waals surface area contributed by atoms with Crippen LogP contribution in [0.3, 0.4) is 0 Å². The summed E-state index contributed by atoms with van der Waals surface area (Å²) in [6.07, 6.45) is 2.03. The van der Waals surface area contributed by atoms with Crippen molar-refractivity contribution in [2.75, 3.05) is 6.54 Å². The van der Waals surface area contributed by atoms with Crippen LogP contribution in [0.4, 0.5) is 0 Å². The Morgan fingerprint density at radius 2 is 1.88 bits per heavy atom. The molecule has 1 N–H and O–H groups in total. The van der Waals surface area contributed by atoms with E-state index in [1.807, 2.05) is 24.3 Å². The van der Waals surface area contributed by atoms with Gasteiger partial charge in [-0.15, -0.1) is 0 Å². The van der Waals surface area contributed by atoms with Gasteiger partial charge in [-0.05, 0) is 19.1 Å². The first kappa shape index (κ1) is 13.6. The van der Waals surface area contributed by atoms with Gasteiger partial charge in [0.1, 0.15) is 0 Å². The molecular formula is C13H17Cl2N. The molecule has 1 nitrogen and oxygen atoms in total. The maximum absolute atomic E-state index is 6.09. The Balaban J connectivity index is 2.81. The van der Waals surface area contributed by atoms with Gasteiger partial charge in [-0.2, -0.15) is 0 Å². The van der Waals surface area contributed by atoms with Crippen LogP contribution in [-0.4, -0.2) is 12.6 Å². The van der Waals surface area contributed by atoms with Crippen LogP contribution in [0.1, 0.15) is 26.3 Å². The largest absolute Gasteiger partial charge is 0.311 e. The molecule has 0 aromatic heterocycles. The third kappa shape index (κ3) is 4.17. The van der Waals surface area contributed by atoms with Gasteiger partial charge >= 0.3 is 0 Å². The van der Waals surface area contributed by atoms with Crippen LogP contribution in [0, 0.1) is 0 Å². The molecule has 0 amide bonds. The maximum Gasteiger partial charge on any atom is 0.0493 e. The van der Waals surface area contributed by atoms with E-state index in [2.05, 4.69) is 26.1 Å². The van der Waals surface area contributed by atoms with Crippen molar-refractivity contribution in [2.24, 2.45) is 0 Å². The van der Waals surface area contributed by atoms with E-state index in [4.69, 9.17) is 23.2 Å². The monoisotopic (exact) mass is 257 g/mol. The molecule has 16 heavy (non-hydrogen) atoms. The van der Waals surface area contributed by atoms with E-state index < -0.39 is 0 Å². The molecule has 0 saturated heterocycles. The summed E-state index contributed by atoms with van der Waals surface area (Å²) < 4.78 is 0. The molecule has 0 aliphatic carbocycles. The van der Waals surface area contributed by atoms with Crippen LogP contribution < -0.4 is 5.32 Å². The average Bonchev–Trinajstić information content (AvgIpc) is 2.21. The molecule has 0 fully saturated rings. The fraction of sp³-hybridized carbons (Fsp3) is 0.385. The number of halogens is 2. The van der Waals surface area contributed by atoms with E-state index in [0.29, 0.717) is 16.1 Å². The van der Waals surface area contributed by atoms with Gasteiger partial charge in [-0.25, -0.2) is 0 Å². The fourth-order valence-electron chi connectivity index (χ4n) is 1.31. The van der Waals surface area contributed by atoms with Gasteiger partial charge in [0.05, 0.1) is 0 Å². The quantitative estimate of drug-likeness (QED) is 0.844. The zero-order chi connectivity index (χ0) is 12.1. The van der Waals surface area contributed by atoms with Crippen LogP contribution in [0.2, 0.25) is 10.0 Å². The van der Waals surface area contributed by atoms with E-state index in [1.54, 1.807) is 0 Å². The summed E-state index contributed by atoms with van der Waals surface area (Å²) >= 11 is 12.2. The second-order valence-electron chi connectivity index (χ2n) is 4.16. The van der Waals surface area contributed by atoms with Crippen LogP contribution in [0.15, 0.2) is 23.8 Å². The maximum atomic E-state index is 6.09. The summed E-state index contributed by atoms with van der Waals surface area (Å²) in [6, 6.07) is 6.03. The molecule has 0 bridgehead atoms. The van der Waals surface area contributed by atoms with Gasteiger partial charge < -0.3 is 5.32 Å². The van der Waals surface area contributed by atoms with Crippen molar-refractivity contribution in [3.8, 4) is 0 Å². The molecule has 0 unspecified atom stereocenters. The number of benzene rings is 1. The molecule has 88 valence electrons. The molecule has 1 aromatic carbocycles. The Bertz CT molecular complexity index is 363. The highest BCUT2D eigenvalue weighted by atomic mass is 35.5. The van der Waals surface area contributed by atoms with Crippen molar-refractivity contribution in [3.05, 3.63) is 39.4 Å². The first-order chi connectivity index (χ1) is 7.50. The average molecular weight is 258 g/mol. The molecule has 0 heterocycles. The fourth-order valence-corrected chi connectivity index (χ4v) is 1.82. The van der Waals surface area contributed by atoms with E-state index in [9.17, 15) is 0 Å². The van der Waals surface area contributed by atoms with Gasteiger partial charge in [-0.1, -0.05) is 54.8 Å². The molecular weight excluding hydrogens is 241 g/mol. The van der Waals surface area contributed by atoms with Crippen molar-refractivity contribution in [1.82, 2.24) is 5.32 Å². The minimum absolute atomic E-state index is 0.477. The summed E-state index contributed by atoms with van der Waals surface area (Å²) in [7, 11) is 0. The van der Waals surface area contributed by atoms with Crippen LogP contribution >= 0.6 is 23.2 Å². The van der Waals surface area contributed by atoms with E-state index in [1.165, 1.54) is 5.57 Å². The summed E-state index contributed by atoms with van der Waals surface area (Å²) in [5.41, 5.74) is 2.11. The van der Waals surface area contributed by atoms with Crippen molar-refractivity contribution in [2.45, 2.75) is 26.8 Å². The van der Waals surface area contributed by atoms with Crippen molar-refractivity contribution in [3.63, 3.8) is 0 Å². The Morgan fingerprint density at radius 1 is 1.31 bits per heavy atom. The molecule has 0 aliphatic heterocycles. The Hall–Kier alpha value is -0.500. The Labute approximate surface area is 107 Å². The number of nitrogens with one attached hydrogen (secondary N) is 1. The Morgan fingerprint density at radius 3 is 2.38 bits per heavy atom. The van der Waals surface area contributed by atoms with Crippen LogP contribution in [-0.2, 0) is 0 Å². The predicted molar refractivity (Wildman–Crippen MR) is 73.3 cm³/mol. The zero-order valence-corrected chi connectivity index (χ0v) is 11.4. The predicted octanol–water partition coefficient (Wildman–Crippen LogP) is 4.39. The lowest BCUT2D eigenvalue weighted by atomic mass is 10.1. The Kier molecular flexibility index (Phi) is 5.33. The van der Waals surface area contributed by atoms with E-state index in [0.717, 1.165) is 12.1 Å². The molecule has 3 heteroatoms. The van der Waals surface area contributed by atoms with Crippen LogP contribution in [0.5, 0.6) is 0 Å². The molecule has 0 aliphatic rings. The normalized spacial score (nSPS) is 12.2. The lowest BCUT2D eigenvalue weighted by molar-refractivity contribution is 0.623. The molecule has 0 atom stereocenters. The second-order valence-corrected chi connectivity index (χ2v) is 4.98. The van der Waals surface area contributed by atoms with Crippen LogP contribution in [0.25, 0.3) is 6.08 Å². The summed E-state index contributed by atoms with van der Waals surface area (Å²) in [4.78, 5) is 0. The first-order valence-corrected chi connectivity index (χ1v) is 6.11. The lowest BCUT2D eigenvalue weighted by Gasteiger charge is -2.09. The third-order valence-electron chi connectivity index (χ3n) is 2.18. The van der Waals surface area contributed by atoms with Crippen molar-refractivity contribution >= 4 is 29.3 Å². The molecule has 1 aromatic rings. The van der Waals surface area contributed by atoms with Crippen molar-refractivity contribution < 1.29 is 0 Å². The minimum Gasteiger partial charge on any atom is -0.311 e. The van der Waals surface area contributed by atoms with Crippen molar-refractivity contribution in [1.29, 1.82) is 0 Å². The number of hydrogen-bond acceptors (Lipinski definition) is 1. The minimum atomic E-state index is 0.477. The van der Waals surface area contributed by atoms with Gasteiger partial charge in [0.15, 0.2) is 0 Å². The molecule has 0 saturated carbocycles.